The van der Waals surface area contributed by atoms with Crippen molar-refractivity contribution in [1.29, 1.82) is 0 Å². The molecular weight excluding hydrogens is 304 g/mol. The zero-order chi connectivity index (χ0) is 13.2. The van der Waals surface area contributed by atoms with Gasteiger partial charge >= 0.3 is 0 Å². The number of hydrogen-bond acceptors (Lipinski definition) is 3. The van der Waals surface area contributed by atoms with Crippen LogP contribution in [0.4, 0.5) is 0 Å². The summed E-state index contributed by atoms with van der Waals surface area (Å²) < 4.78 is 0.695. The van der Waals surface area contributed by atoms with Crippen LogP contribution in [0.3, 0.4) is 0 Å². The molecule has 0 unspecified atom stereocenters. The minimum Gasteiger partial charge on any atom is -0.287 e. The van der Waals surface area contributed by atoms with Crippen LogP contribution >= 0.6 is 15.9 Å². The van der Waals surface area contributed by atoms with Gasteiger partial charge in [0.25, 0.3) is 0 Å². The van der Waals surface area contributed by atoms with Crippen LogP contribution < -0.4 is 0 Å². The minimum absolute atomic E-state index is 0.105. The fourth-order valence-corrected chi connectivity index (χ4v) is 2.42. The Morgan fingerprint density at radius 1 is 0.947 bits per heavy atom. The van der Waals surface area contributed by atoms with E-state index in [0.717, 1.165) is 10.9 Å². The van der Waals surface area contributed by atoms with Gasteiger partial charge in [-0.15, -0.1) is 0 Å². The Hall–Kier alpha value is -2.07. The molecule has 0 atom stereocenters. The summed E-state index contributed by atoms with van der Waals surface area (Å²) in [6.45, 7) is 0. The van der Waals surface area contributed by atoms with Crippen LogP contribution in [0, 0.1) is 0 Å². The van der Waals surface area contributed by atoms with Gasteiger partial charge in [0.2, 0.25) is 5.78 Å². The van der Waals surface area contributed by atoms with E-state index in [0.29, 0.717) is 15.7 Å². The van der Waals surface area contributed by atoms with E-state index in [2.05, 4.69) is 25.9 Å². The fourth-order valence-electron chi connectivity index (χ4n) is 1.98. The normalized spacial score (nSPS) is 10.6. The second-order valence-corrected chi connectivity index (χ2v) is 4.89. The summed E-state index contributed by atoms with van der Waals surface area (Å²) in [7, 11) is 0. The first-order chi connectivity index (χ1) is 9.27. The van der Waals surface area contributed by atoms with Gasteiger partial charge in [-0.25, -0.2) is 0 Å². The molecule has 0 amide bonds. The highest BCUT2D eigenvalue weighted by atomic mass is 79.9. The number of aromatic nitrogens is 2. The van der Waals surface area contributed by atoms with E-state index < -0.39 is 0 Å². The number of hydrogen-bond donors (Lipinski definition) is 0. The summed E-state index contributed by atoms with van der Waals surface area (Å²) in [4.78, 5) is 21.0. The maximum atomic E-state index is 12.6. The molecule has 19 heavy (non-hydrogen) atoms. The number of benzene rings is 1. The van der Waals surface area contributed by atoms with Crippen LogP contribution in [-0.2, 0) is 0 Å². The van der Waals surface area contributed by atoms with Crippen LogP contribution in [-0.4, -0.2) is 15.8 Å². The SMILES string of the molecule is O=C(c1ncccc1Br)c1cccc2ncccc12. The van der Waals surface area contributed by atoms with Crippen molar-refractivity contribution in [3.63, 3.8) is 0 Å². The minimum atomic E-state index is -0.105. The zero-order valence-electron chi connectivity index (χ0n) is 9.88. The first-order valence-corrected chi connectivity index (χ1v) is 6.55. The molecule has 3 aromatic rings. The molecule has 4 heteroatoms. The van der Waals surface area contributed by atoms with Crippen molar-refractivity contribution in [1.82, 2.24) is 9.97 Å². The number of carbonyl (C=O) groups is 1. The second-order valence-electron chi connectivity index (χ2n) is 4.04. The number of rotatable bonds is 2. The molecule has 0 bridgehead atoms. The van der Waals surface area contributed by atoms with E-state index in [4.69, 9.17) is 0 Å². The van der Waals surface area contributed by atoms with E-state index in [-0.39, 0.29) is 5.78 Å². The van der Waals surface area contributed by atoms with Crippen LogP contribution in [0.2, 0.25) is 0 Å². The van der Waals surface area contributed by atoms with E-state index >= 15 is 0 Å². The summed E-state index contributed by atoms with van der Waals surface area (Å²) in [5.74, 6) is -0.105. The van der Waals surface area contributed by atoms with Crippen molar-refractivity contribution >= 4 is 32.6 Å². The molecule has 0 aliphatic carbocycles. The molecule has 0 spiro atoms. The third kappa shape index (κ3) is 2.15. The van der Waals surface area contributed by atoms with Crippen LogP contribution in [0.1, 0.15) is 16.1 Å². The molecule has 0 N–H and O–H groups in total. The van der Waals surface area contributed by atoms with Crippen molar-refractivity contribution in [3.8, 4) is 0 Å². The summed E-state index contributed by atoms with van der Waals surface area (Å²) in [5, 5.41) is 0.840. The van der Waals surface area contributed by atoms with Gasteiger partial charge in [0, 0.05) is 27.8 Å². The summed E-state index contributed by atoms with van der Waals surface area (Å²) in [6, 6.07) is 12.8. The maximum Gasteiger partial charge on any atom is 0.213 e. The van der Waals surface area contributed by atoms with Crippen LogP contribution in [0.5, 0.6) is 0 Å². The van der Waals surface area contributed by atoms with Gasteiger partial charge < -0.3 is 0 Å². The van der Waals surface area contributed by atoms with Gasteiger partial charge in [-0.2, -0.15) is 0 Å². The number of halogens is 1. The van der Waals surface area contributed by atoms with Crippen molar-refractivity contribution in [2.24, 2.45) is 0 Å². The molecule has 2 heterocycles. The van der Waals surface area contributed by atoms with Crippen molar-refractivity contribution < 1.29 is 4.79 Å². The quantitative estimate of drug-likeness (QED) is 0.679. The second kappa shape index (κ2) is 4.90. The predicted octanol–water partition coefficient (Wildman–Crippen LogP) is 3.62. The lowest BCUT2D eigenvalue weighted by molar-refractivity contribution is 0.103. The molecule has 1 aromatic carbocycles. The maximum absolute atomic E-state index is 12.6. The van der Waals surface area contributed by atoms with Gasteiger partial charge in [-0.1, -0.05) is 18.2 Å². The summed E-state index contributed by atoms with van der Waals surface area (Å²) in [6.07, 6.45) is 3.33. The molecule has 3 rings (SSSR count). The van der Waals surface area contributed by atoms with E-state index in [1.807, 2.05) is 30.3 Å². The Bertz CT molecular complexity index is 765. The van der Waals surface area contributed by atoms with Crippen molar-refractivity contribution in [2.75, 3.05) is 0 Å². The summed E-state index contributed by atoms with van der Waals surface area (Å²) in [5.41, 5.74) is 1.84. The van der Waals surface area contributed by atoms with E-state index in [1.165, 1.54) is 0 Å². The molecule has 0 aliphatic rings. The largest absolute Gasteiger partial charge is 0.287 e. The number of pyridine rings is 2. The fraction of sp³-hybridized carbons (Fsp3) is 0. The average Bonchev–Trinajstić information content (AvgIpc) is 2.46. The highest BCUT2D eigenvalue weighted by molar-refractivity contribution is 9.10. The number of carbonyl (C=O) groups excluding carboxylic acids is 1. The van der Waals surface area contributed by atoms with E-state index in [9.17, 15) is 4.79 Å². The van der Waals surface area contributed by atoms with Crippen LogP contribution in [0.25, 0.3) is 10.9 Å². The van der Waals surface area contributed by atoms with Gasteiger partial charge in [0.1, 0.15) is 5.69 Å². The zero-order valence-corrected chi connectivity index (χ0v) is 11.5. The Balaban J connectivity index is 2.20. The highest BCUT2D eigenvalue weighted by Gasteiger charge is 2.16. The Morgan fingerprint density at radius 2 is 1.74 bits per heavy atom. The molecule has 0 radical (unpaired) electrons. The van der Waals surface area contributed by atoms with Gasteiger partial charge in [0.15, 0.2) is 0 Å². The lowest BCUT2D eigenvalue weighted by Gasteiger charge is -2.05. The van der Waals surface area contributed by atoms with Crippen molar-refractivity contribution in [3.05, 3.63) is 70.6 Å². The first kappa shape index (κ1) is 12.0. The smallest absolute Gasteiger partial charge is 0.213 e. The molecule has 0 fully saturated rings. The van der Waals surface area contributed by atoms with Gasteiger partial charge in [-0.3, -0.25) is 14.8 Å². The molecule has 0 aliphatic heterocycles. The standard InChI is InChI=1S/C15H9BrN2O/c16-12-6-3-9-18-14(12)15(19)11-4-1-7-13-10(11)5-2-8-17-13/h1-9H. The highest BCUT2D eigenvalue weighted by Crippen LogP contribution is 2.22. The lowest BCUT2D eigenvalue weighted by atomic mass is 10.0. The Labute approximate surface area is 118 Å². The average molecular weight is 313 g/mol. The summed E-state index contributed by atoms with van der Waals surface area (Å²) >= 11 is 3.36. The van der Waals surface area contributed by atoms with E-state index in [1.54, 1.807) is 24.5 Å². The van der Waals surface area contributed by atoms with Crippen LogP contribution in [0.15, 0.2) is 59.3 Å². The molecular formula is C15H9BrN2O. The molecule has 0 saturated heterocycles. The first-order valence-electron chi connectivity index (χ1n) is 5.76. The Morgan fingerprint density at radius 3 is 2.58 bits per heavy atom. The Kier molecular flexibility index (Phi) is 3.09. The number of ketones is 1. The lowest BCUT2D eigenvalue weighted by Crippen LogP contribution is -2.05. The third-order valence-electron chi connectivity index (χ3n) is 2.86. The third-order valence-corrected chi connectivity index (χ3v) is 3.50. The molecule has 0 saturated carbocycles. The number of nitrogens with zero attached hydrogens (tertiary/aromatic N) is 2. The van der Waals surface area contributed by atoms with Gasteiger partial charge in [0.05, 0.1) is 5.52 Å². The topological polar surface area (TPSA) is 42.9 Å². The molecule has 92 valence electrons. The molecule has 2 aromatic heterocycles. The predicted molar refractivity (Wildman–Crippen MR) is 77.1 cm³/mol. The van der Waals surface area contributed by atoms with Gasteiger partial charge in [-0.05, 0) is 40.2 Å². The van der Waals surface area contributed by atoms with Crippen molar-refractivity contribution in [2.45, 2.75) is 0 Å². The molecule has 3 nitrogen and oxygen atoms in total. The number of fused-ring (bicyclic) bond motifs is 1. The monoisotopic (exact) mass is 312 g/mol.